The highest BCUT2D eigenvalue weighted by atomic mass is 79.9. The summed E-state index contributed by atoms with van der Waals surface area (Å²) < 4.78 is 2.37. The van der Waals surface area contributed by atoms with Gasteiger partial charge in [-0.15, -0.1) is 0 Å². The number of hydrogen-bond donors (Lipinski definition) is 1. The molecule has 3 rings (SSSR count). The summed E-state index contributed by atoms with van der Waals surface area (Å²) in [4.78, 5) is 11.3. The minimum absolute atomic E-state index is 0.0561. The average Bonchev–Trinajstić information content (AvgIpc) is 2.65. The molecule has 8 heteroatoms. The third-order valence-electron chi connectivity index (χ3n) is 3.58. The summed E-state index contributed by atoms with van der Waals surface area (Å²) >= 11 is 3.38. The zero-order chi connectivity index (χ0) is 13.6. The van der Waals surface area contributed by atoms with Crippen LogP contribution < -0.4 is 10.6 Å². The maximum atomic E-state index is 6.15. The van der Waals surface area contributed by atoms with Gasteiger partial charge >= 0.3 is 0 Å². The van der Waals surface area contributed by atoms with Crippen molar-refractivity contribution in [2.75, 3.05) is 18.0 Å². The Morgan fingerprint density at radius 1 is 1.42 bits per heavy atom. The van der Waals surface area contributed by atoms with Crippen molar-refractivity contribution in [2.45, 2.75) is 25.3 Å². The van der Waals surface area contributed by atoms with Crippen molar-refractivity contribution in [3.05, 3.63) is 10.8 Å². The average molecular weight is 343 g/mol. The molecule has 1 fully saturated rings. The summed E-state index contributed by atoms with van der Waals surface area (Å²) in [7, 11) is 2.52. The van der Waals surface area contributed by atoms with E-state index in [0.717, 1.165) is 42.9 Å². The SMILES string of the molecule is CC1(N)CCN(c2cnc3c(Br)nn(P)c3n2)CC1. The number of hydrogen-bond acceptors (Lipinski definition) is 5. The van der Waals surface area contributed by atoms with E-state index in [0.29, 0.717) is 4.60 Å². The molecule has 102 valence electrons. The molecule has 0 bridgehead atoms. The van der Waals surface area contributed by atoms with E-state index in [1.165, 1.54) is 0 Å². The Hall–Kier alpha value is -0.780. The molecular weight excluding hydrogens is 327 g/mol. The van der Waals surface area contributed by atoms with Crippen molar-refractivity contribution < 1.29 is 0 Å². The fourth-order valence-electron chi connectivity index (χ4n) is 2.26. The molecule has 2 aromatic heterocycles. The first-order chi connectivity index (χ1) is 8.96. The van der Waals surface area contributed by atoms with E-state index in [1.807, 2.05) is 0 Å². The Bertz CT molecular complexity index is 615. The minimum Gasteiger partial charge on any atom is -0.355 e. The van der Waals surface area contributed by atoms with E-state index in [2.05, 4.69) is 52.2 Å². The highest BCUT2D eigenvalue weighted by Gasteiger charge is 2.27. The third-order valence-corrected chi connectivity index (χ3v) is 4.47. The molecular formula is C11H16BrN6P. The van der Waals surface area contributed by atoms with Crippen molar-refractivity contribution >= 4 is 42.3 Å². The Morgan fingerprint density at radius 2 is 2.11 bits per heavy atom. The van der Waals surface area contributed by atoms with Crippen LogP contribution in [0, 0.1) is 0 Å². The molecule has 1 atom stereocenters. The van der Waals surface area contributed by atoms with E-state index in [-0.39, 0.29) is 5.54 Å². The second kappa shape index (κ2) is 4.65. The number of anilines is 1. The first-order valence-electron chi connectivity index (χ1n) is 6.16. The van der Waals surface area contributed by atoms with Crippen LogP contribution in [0.15, 0.2) is 10.8 Å². The summed E-state index contributed by atoms with van der Waals surface area (Å²) in [6.45, 7) is 3.94. The van der Waals surface area contributed by atoms with Gasteiger partial charge < -0.3 is 10.6 Å². The molecule has 0 aliphatic carbocycles. The number of rotatable bonds is 1. The van der Waals surface area contributed by atoms with Crippen molar-refractivity contribution in [1.82, 2.24) is 19.5 Å². The van der Waals surface area contributed by atoms with Crippen LogP contribution in [0.25, 0.3) is 11.2 Å². The Balaban J connectivity index is 1.92. The zero-order valence-electron chi connectivity index (χ0n) is 10.7. The van der Waals surface area contributed by atoms with E-state index in [9.17, 15) is 0 Å². The predicted molar refractivity (Wildman–Crippen MR) is 82.2 cm³/mol. The summed E-state index contributed by atoms with van der Waals surface area (Å²) in [6.07, 6.45) is 3.74. The molecule has 1 aliphatic heterocycles. The van der Waals surface area contributed by atoms with Crippen LogP contribution in [-0.4, -0.2) is 38.1 Å². The van der Waals surface area contributed by atoms with Crippen molar-refractivity contribution in [3.8, 4) is 0 Å². The van der Waals surface area contributed by atoms with Crippen LogP contribution in [0.1, 0.15) is 19.8 Å². The Kier molecular flexibility index (Phi) is 3.23. The van der Waals surface area contributed by atoms with Crippen molar-refractivity contribution in [3.63, 3.8) is 0 Å². The van der Waals surface area contributed by atoms with E-state index >= 15 is 0 Å². The smallest absolute Gasteiger partial charge is 0.183 e. The first kappa shape index (κ1) is 13.2. The second-order valence-corrected chi connectivity index (χ2v) is 6.52. The normalized spacial score (nSPS) is 19.1. The molecule has 1 unspecified atom stereocenters. The van der Waals surface area contributed by atoms with Crippen LogP contribution in [0.4, 0.5) is 5.82 Å². The molecule has 0 aromatic carbocycles. The molecule has 1 aliphatic rings. The van der Waals surface area contributed by atoms with E-state index < -0.39 is 0 Å². The zero-order valence-corrected chi connectivity index (χ0v) is 13.4. The molecule has 0 radical (unpaired) electrons. The van der Waals surface area contributed by atoms with Crippen LogP contribution in [0.5, 0.6) is 0 Å². The number of nitrogens with zero attached hydrogens (tertiary/aromatic N) is 5. The number of fused-ring (bicyclic) bond motifs is 1. The lowest BCUT2D eigenvalue weighted by Crippen LogP contribution is -2.48. The van der Waals surface area contributed by atoms with Gasteiger partial charge in [-0.25, -0.2) is 14.4 Å². The van der Waals surface area contributed by atoms with Crippen molar-refractivity contribution in [2.24, 2.45) is 5.73 Å². The van der Waals surface area contributed by atoms with Crippen molar-refractivity contribution in [1.29, 1.82) is 0 Å². The highest BCUT2D eigenvalue weighted by molar-refractivity contribution is 9.10. The highest BCUT2D eigenvalue weighted by Crippen LogP contribution is 2.26. The topological polar surface area (TPSA) is 72.9 Å². The summed E-state index contributed by atoms with van der Waals surface area (Å²) in [5.74, 6) is 0.888. The Morgan fingerprint density at radius 3 is 2.79 bits per heavy atom. The predicted octanol–water partition coefficient (Wildman–Crippen LogP) is 1.54. The molecule has 3 heterocycles. The van der Waals surface area contributed by atoms with Crippen LogP contribution in [0.2, 0.25) is 0 Å². The fraction of sp³-hybridized carbons (Fsp3) is 0.545. The maximum Gasteiger partial charge on any atom is 0.183 e. The van der Waals surface area contributed by atoms with E-state index in [1.54, 1.807) is 10.6 Å². The maximum absolute atomic E-state index is 6.15. The summed E-state index contributed by atoms with van der Waals surface area (Å²) in [5, 5.41) is 4.23. The van der Waals surface area contributed by atoms with Crippen LogP contribution in [0.3, 0.4) is 0 Å². The van der Waals surface area contributed by atoms with E-state index in [4.69, 9.17) is 5.73 Å². The minimum atomic E-state index is -0.0561. The fourth-order valence-corrected chi connectivity index (χ4v) is 3.18. The summed E-state index contributed by atoms with van der Waals surface area (Å²) in [5.41, 5.74) is 7.63. The van der Waals surface area contributed by atoms with Gasteiger partial charge in [-0.3, -0.25) is 0 Å². The van der Waals surface area contributed by atoms with Gasteiger partial charge in [0, 0.05) is 18.6 Å². The van der Waals surface area contributed by atoms with Gasteiger partial charge in [0.2, 0.25) is 0 Å². The quantitative estimate of drug-likeness (QED) is 0.796. The lowest BCUT2D eigenvalue weighted by molar-refractivity contribution is 0.363. The third kappa shape index (κ3) is 2.47. The van der Waals surface area contributed by atoms with Gasteiger partial charge in [0.15, 0.2) is 10.3 Å². The monoisotopic (exact) mass is 342 g/mol. The van der Waals surface area contributed by atoms with Gasteiger partial charge in [-0.2, -0.15) is 5.10 Å². The van der Waals surface area contributed by atoms with Gasteiger partial charge in [0.1, 0.15) is 11.3 Å². The molecule has 1 saturated heterocycles. The first-order valence-corrected chi connectivity index (χ1v) is 7.47. The number of piperidine rings is 1. The molecule has 19 heavy (non-hydrogen) atoms. The van der Waals surface area contributed by atoms with Gasteiger partial charge in [0.25, 0.3) is 0 Å². The van der Waals surface area contributed by atoms with Gasteiger partial charge in [-0.1, -0.05) is 0 Å². The molecule has 2 aromatic rings. The van der Waals surface area contributed by atoms with Crippen LogP contribution >= 0.6 is 25.3 Å². The second-order valence-electron chi connectivity index (χ2n) is 5.28. The van der Waals surface area contributed by atoms with Gasteiger partial charge in [0.05, 0.1) is 6.20 Å². The summed E-state index contributed by atoms with van der Waals surface area (Å²) in [6, 6.07) is 0. The standard InChI is InChI=1S/C11H16BrN6P/c1-11(13)2-4-17(5-3-11)7-6-14-8-9(12)16-18(19)10(8)15-7/h6H,2-5,13,19H2,1H3. The molecule has 6 nitrogen and oxygen atoms in total. The molecule has 2 N–H and O–H groups in total. The molecule has 0 saturated carbocycles. The largest absolute Gasteiger partial charge is 0.355 e. The van der Waals surface area contributed by atoms with Crippen LogP contribution in [-0.2, 0) is 0 Å². The number of nitrogens with two attached hydrogens (primary N) is 1. The lowest BCUT2D eigenvalue weighted by atomic mass is 9.91. The molecule has 0 spiro atoms. The Labute approximate surface area is 122 Å². The number of aromatic nitrogens is 4. The van der Waals surface area contributed by atoms with Gasteiger partial charge in [-0.05, 0) is 45.1 Å². The molecule has 0 amide bonds. The number of halogens is 1. The lowest BCUT2D eigenvalue weighted by Gasteiger charge is -2.37.